The summed E-state index contributed by atoms with van der Waals surface area (Å²) in [5.41, 5.74) is 5.32. The molecule has 1 aliphatic heterocycles. The lowest BCUT2D eigenvalue weighted by Gasteiger charge is -2.20. The second-order valence-corrected chi connectivity index (χ2v) is 5.04. The standard InChI is InChI=1S/C14H17F2NO4/c1-14(15,16)9-7-12-11(20-3-2-4-21-12)6-8(9)5-10(17)13(18)19/h6-7,10H,2-5,17H2,1H3,(H,18,19). The molecule has 0 radical (unpaired) electrons. The van der Waals surface area contributed by atoms with E-state index >= 15 is 0 Å². The number of alkyl halides is 2. The molecular formula is C14H17F2NO4. The Kier molecular flexibility index (Phi) is 4.32. The van der Waals surface area contributed by atoms with Gasteiger partial charge in [0.2, 0.25) is 0 Å². The Hall–Kier alpha value is -1.89. The lowest BCUT2D eigenvalue weighted by atomic mass is 9.96. The number of rotatable bonds is 4. The molecule has 0 spiro atoms. The Labute approximate surface area is 120 Å². The molecule has 1 heterocycles. The Bertz CT molecular complexity index is 543. The van der Waals surface area contributed by atoms with E-state index < -0.39 is 17.9 Å². The van der Waals surface area contributed by atoms with Crippen LogP contribution in [0.4, 0.5) is 8.78 Å². The first kappa shape index (κ1) is 15.5. The van der Waals surface area contributed by atoms with E-state index in [9.17, 15) is 13.6 Å². The third-order valence-corrected chi connectivity index (χ3v) is 3.20. The highest BCUT2D eigenvalue weighted by Crippen LogP contribution is 2.39. The Morgan fingerprint density at radius 3 is 2.48 bits per heavy atom. The van der Waals surface area contributed by atoms with E-state index in [1.54, 1.807) is 0 Å². The summed E-state index contributed by atoms with van der Waals surface area (Å²) >= 11 is 0. The average Bonchev–Trinajstić information content (AvgIpc) is 2.61. The van der Waals surface area contributed by atoms with Gasteiger partial charge in [-0.3, -0.25) is 4.79 Å². The van der Waals surface area contributed by atoms with Gasteiger partial charge in [-0.1, -0.05) is 0 Å². The van der Waals surface area contributed by atoms with Gasteiger partial charge >= 0.3 is 5.97 Å². The second-order valence-electron chi connectivity index (χ2n) is 5.04. The molecular weight excluding hydrogens is 284 g/mol. The number of benzene rings is 1. The smallest absolute Gasteiger partial charge is 0.320 e. The van der Waals surface area contributed by atoms with Crippen LogP contribution in [0.5, 0.6) is 11.5 Å². The third-order valence-electron chi connectivity index (χ3n) is 3.20. The highest BCUT2D eigenvalue weighted by molar-refractivity contribution is 5.73. The monoisotopic (exact) mass is 301 g/mol. The van der Waals surface area contributed by atoms with E-state index in [2.05, 4.69) is 0 Å². The zero-order chi connectivity index (χ0) is 15.6. The number of ether oxygens (including phenoxy) is 2. The van der Waals surface area contributed by atoms with E-state index in [1.807, 2.05) is 0 Å². The summed E-state index contributed by atoms with van der Waals surface area (Å²) < 4.78 is 38.3. The first-order chi connectivity index (χ1) is 9.79. The molecule has 0 bridgehead atoms. The summed E-state index contributed by atoms with van der Waals surface area (Å²) in [7, 11) is 0. The number of nitrogens with two attached hydrogens (primary N) is 1. The number of halogens is 2. The van der Waals surface area contributed by atoms with Crippen LogP contribution < -0.4 is 15.2 Å². The zero-order valence-corrected chi connectivity index (χ0v) is 11.6. The van der Waals surface area contributed by atoms with Crippen LogP contribution in [0.15, 0.2) is 12.1 Å². The van der Waals surface area contributed by atoms with Gasteiger partial charge in [-0.25, -0.2) is 8.78 Å². The zero-order valence-electron chi connectivity index (χ0n) is 11.6. The third kappa shape index (κ3) is 3.60. The van der Waals surface area contributed by atoms with Crippen molar-refractivity contribution in [3.8, 4) is 11.5 Å². The molecule has 0 aromatic heterocycles. The molecule has 7 heteroatoms. The summed E-state index contributed by atoms with van der Waals surface area (Å²) in [4.78, 5) is 10.8. The van der Waals surface area contributed by atoms with E-state index in [-0.39, 0.29) is 23.3 Å². The fraction of sp³-hybridized carbons (Fsp3) is 0.500. The number of fused-ring (bicyclic) bond motifs is 1. The van der Waals surface area contributed by atoms with E-state index in [4.69, 9.17) is 20.3 Å². The van der Waals surface area contributed by atoms with E-state index in [0.29, 0.717) is 25.4 Å². The van der Waals surface area contributed by atoms with Crippen LogP contribution in [0.25, 0.3) is 0 Å². The van der Waals surface area contributed by atoms with Crippen LogP contribution >= 0.6 is 0 Å². The highest BCUT2D eigenvalue weighted by atomic mass is 19.3. The van der Waals surface area contributed by atoms with Crippen molar-refractivity contribution in [2.24, 2.45) is 5.73 Å². The second kappa shape index (κ2) is 5.85. The van der Waals surface area contributed by atoms with Crippen molar-refractivity contribution in [1.29, 1.82) is 0 Å². The van der Waals surface area contributed by atoms with Crippen molar-refractivity contribution < 1.29 is 28.2 Å². The SMILES string of the molecule is CC(F)(F)c1cc2c(cc1CC(N)C(=O)O)OCCCO2. The summed E-state index contributed by atoms with van der Waals surface area (Å²) in [6.45, 7) is 1.55. The fourth-order valence-corrected chi connectivity index (χ4v) is 2.15. The highest BCUT2D eigenvalue weighted by Gasteiger charge is 2.31. The van der Waals surface area contributed by atoms with Gasteiger partial charge in [0.05, 0.1) is 13.2 Å². The molecule has 1 aromatic rings. The minimum Gasteiger partial charge on any atom is -0.490 e. The van der Waals surface area contributed by atoms with Crippen LogP contribution in [-0.2, 0) is 17.1 Å². The predicted octanol–water partition coefficient (Wildman–Crippen LogP) is 1.91. The summed E-state index contributed by atoms with van der Waals surface area (Å²) in [5.74, 6) is -3.78. The van der Waals surface area contributed by atoms with Crippen LogP contribution in [0.2, 0.25) is 0 Å². The van der Waals surface area contributed by atoms with Crippen molar-refractivity contribution in [2.45, 2.75) is 31.7 Å². The lowest BCUT2D eigenvalue weighted by molar-refractivity contribution is -0.138. The first-order valence-corrected chi connectivity index (χ1v) is 6.58. The average molecular weight is 301 g/mol. The largest absolute Gasteiger partial charge is 0.490 e. The van der Waals surface area contributed by atoms with Gasteiger partial charge in [0.15, 0.2) is 11.5 Å². The van der Waals surface area contributed by atoms with Gasteiger partial charge in [-0.05, 0) is 24.1 Å². The quantitative estimate of drug-likeness (QED) is 0.888. The molecule has 0 saturated carbocycles. The van der Waals surface area contributed by atoms with Crippen molar-refractivity contribution in [3.05, 3.63) is 23.3 Å². The molecule has 1 atom stereocenters. The van der Waals surface area contributed by atoms with E-state index in [1.165, 1.54) is 12.1 Å². The molecule has 3 N–H and O–H groups in total. The molecule has 5 nitrogen and oxygen atoms in total. The number of hydrogen-bond donors (Lipinski definition) is 2. The van der Waals surface area contributed by atoms with Gasteiger partial charge in [0.1, 0.15) is 6.04 Å². The summed E-state index contributed by atoms with van der Waals surface area (Å²) in [6.07, 6.45) is 0.446. The van der Waals surface area contributed by atoms with Gasteiger partial charge in [-0.2, -0.15) is 0 Å². The number of carboxylic acid groups (broad SMARTS) is 1. The Morgan fingerprint density at radius 1 is 1.38 bits per heavy atom. The molecule has 1 aliphatic rings. The van der Waals surface area contributed by atoms with Crippen LogP contribution in [0, 0.1) is 0 Å². The van der Waals surface area contributed by atoms with Crippen LogP contribution in [-0.4, -0.2) is 30.3 Å². The van der Waals surface area contributed by atoms with Crippen LogP contribution in [0.1, 0.15) is 24.5 Å². The van der Waals surface area contributed by atoms with Crippen molar-refractivity contribution in [2.75, 3.05) is 13.2 Å². The first-order valence-electron chi connectivity index (χ1n) is 6.58. The minimum absolute atomic E-state index is 0.154. The summed E-state index contributed by atoms with van der Waals surface area (Å²) in [5, 5.41) is 8.85. The Morgan fingerprint density at radius 2 is 1.95 bits per heavy atom. The Balaban J connectivity index is 2.45. The van der Waals surface area contributed by atoms with Crippen molar-refractivity contribution in [3.63, 3.8) is 0 Å². The topological polar surface area (TPSA) is 81.8 Å². The van der Waals surface area contributed by atoms with Gasteiger partial charge < -0.3 is 20.3 Å². The minimum atomic E-state index is -3.13. The van der Waals surface area contributed by atoms with Gasteiger partial charge in [0.25, 0.3) is 5.92 Å². The normalized spacial score (nSPS) is 16.2. The van der Waals surface area contributed by atoms with Gasteiger partial charge in [-0.15, -0.1) is 0 Å². The maximum absolute atomic E-state index is 13.8. The van der Waals surface area contributed by atoms with Gasteiger partial charge in [0, 0.05) is 18.9 Å². The molecule has 116 valence electrons. The van der Waals surface area contributed by atoms with Crippen molar-refractivity contribution in [1.82, 2.24) is 0 Å². The van der Waals surface area contributed by atoms with Crippen molar-refractivity contribution >= 4 is 5.97 Å². The molecule has 21 heavy (non-hydrogen) atoms. The molecule has 0 amide bonds. The number of hydrogen-bond acceptors (Lipinski definition) is 4. The molecule has 0 aliphatic carbocycles. The lowest BCUT2D eigenvalue weighted by Crippen LogP contribution is -2.33. The fourth-order valence-electron chi connectivity index (χ4n) is 2.15. The predicted molar refractivity (Wildman–Crippen MR) is 70.9 cm³/mol. The molecule has 1 aromatic carbocycles. The number of aliphatic carboxylic acids is 1. The van der Waals surface area contributed by atoms with Crippen LogP contribution in [0.3, 0.4) is 0 Å². The summed E-state index contributed by atoms with van der Waals surface area (Å²) in [6, 6.07) is 1.36. The molecule has 2 rings (SSSR count). The maximum atomic E-state index is 13.8. The number of carbonyl (C=O) groups is 1. The molecule has 0 saturated heterocycles. The molecule has 1 unspecified atom stereocenters. The maximum Gasteiger partial charge on any atom is 0.320 e. The number of carboxylic acids is 1. The molecule has 0 fully saturated rings. The van der Waals surface area contributed by atoms with E-state index in [0.717, 1.165) is 6.92 Å².